The maximum absolute atomic E-state index is 2.69. The molecule has 10 saturated carbocycles. The molecule has 6 atom stereocenters. The third kappa shape index (κ3) is 0.777. The largest absolute Gasteiger partial charge is 0.0596 e. The lowest BCUT2D eigenvalue weighted by molar-refractivity contribution is -0.361. The highest BCUT2D eigenvalue weighted by Crippen LogP contribution is 2.86. The van der Waals surface area contributed by atoms with Crippen LogP contribution in [0.3, 0.4) is 0 Å². The summed E-state index contributed by atoms with van der Waals surface area (Å²) in [6.45, 7) is 2.69. The van der Waals surface area contributed by atoms with Crippen LogP contribution in [0.5, 0.6) is 0 Å². The fourth-order valence-electron chi connectivity index (χ4n) is 10.8. The molecule has 0 radical (unpaired) electrons. The van der Waals surface area contributed by atoms with E-state index in [9.17, 15) is 0 Å². The normalized spacial score (nSPS) is 80.4. The third-order valence-corrected chi connectivity index (χ3v) is 10.0. The Labute approximate surface area is 116 Å². The first kappa shape index (κ1) is 9.85. The molecular weight excluding hydrogens is 228 g/mol. The van der Waals surface area contributed by atoms with Crippen LogP contribution >= 0.6 is 0 Å². The van der Waals surface area contributed by atoms with E-state index in [1.807, 2.05) is 0 Å². The Morgan fingerprint density at radius 2 is 1.32 bits per heavy atom. The van der Waals surface area contributed by atoms with Gasteiger partial charge in [0.15, 0.2) is 0 Å². The van der Waals surface area contributed by atoms with Crippen molar-refractivity contribution in [2.24, 2.45) is 64.1 Å². The van der Waals surface area contributed by atoms with Gasteiger partial charge < -0.3 is 0 Å². The molecule has 10 rings (SSSR count). The fourth-order valence-corrected chi connectivity index (χ4v) is 10.8. The van der Waals surface area contributed by atoms with E-state index < -0.39 is 0 Å². The zero-order valence-electron chi connectivity index (χ0n) is 12.1. The number of rotatable bonds is 0. The van der Waals surface area contributed by atoms with Gasteiger partial charge in [0.05, 0.1) is 0 Å². The average molecular weight is 254 g/mol. The molecule has 10 aliphatic rings. The summed E-state index contributed by atoms with van der Waals surface area (Å²) in [6.07, 6.45) is 11.7. The second kappa shape index (κ2) is 2.46. The molecule has 0 saturated heterocycles. The van der Waals surface area contributed by atoms with Crippen LogP contribution in [0, 0.1) is 64.1 Å². The van der Waals surface area contributed by atoms with Crippen LogP contribution in [0.25, 0.3) is 0 Å². The van der Waals surface area contributed by atoms with E-state index in [-0.39, 0.29) is 0 Å². The Balaban J connectivity index is 1.55. The van der Waals surface area contributed by atoms with Crippen molar-refractivity contribution >= 4 is 0 Å². The van der Waals surface area contributed by atoms with Crippen molar-refractivity contribution in [3.8, 4) is 0 Å². The number of hydrogen-bond acceptors (Lipinski definition) is 0. The lowest BCUT2D eigenvalue weighted by Gasteiger charge is -2.84. The molecule has 0 aromatic heterocycles. The highest BCUT2D eigenvalue weighted by atomic mass is 14.8. The minimum absolute atomic E-state index is 0.789. The van der Waals surface area contributed by atoms with Crippen molar-refractivity contribution < 1.29 is 0 Å². The second-order valence-electron chi connectivity index (χ2n) is 10.4. The maximum atomic E-state index is 2.69. The predicted octanol–water partition coefficient (Wildman–Crippen LogP) is 4.35. The molecule has 10 aliphatic carbocycles. The Kier molecular flexibility index (Phi) is 1.27. The standard InChI is InChI=1S/C19H26/c1-18-6-14-11-4-10-12-2-9-3-13(10)17(15(11)7-18)19(5-9,8-18)16(12)14/h9-17H,2-8H2,1H3. The molecule has 0 aliphatic heterocycles. The minimum Gasteiger partial charge on any atom is -0.0596 e. The second-order valence-corrected chi connectivity index (χ2v) is 10.4. The molecule has 10 fully saturated rings. The predicted molar refractivity (Wildman–Crippen MR) is 74.3 cm³/mol. The van der Waals surface area contributed by atoms with E-state index in [0.717, 1.165) is 10.8 Å². The van der Waals surface area contributed by atoms with Gasteiger partial charge in [0.1, 0.15) is 0 Å². The summed E-state index contributed by atoms with van der Waals surface area (Å²) >= 11 is 0. The maximum Gasteiger partial charge on any atom is -0.0222 e. The Morgan fingerprint density at radius 3 is 2.00 bits per heavy atom. The molecule has 0 amide bonds. The summed E-state index contributed by atoms with van der Waals surface area (Å²) in [6, 6.07) is 0. The quantitative estimate of drug-likeness (QED) is 0.603. The van der Waals surface area contributed by atoms with Crippen molar-refractivity contribution in [2.45, 2.75) is 51.9 Å². The lowest BCUT2D eigenvalue weighted by Crippen LogP contribution is -2.78. The van der Waals surface area contributed by atoms with E-state index >= 15 is 0 Å². The average Bonchev–Trinajstić information content (AvgIpc) is 2.34. The van der Waals surface area contributed by atoms with Gasteiger partial charge in [0.25, 0.3) is 0 Å². The molecule has 6 unspecified atom stereocenters. The molecule has 0 heterocycles. The first-order valence-electron chi connectivity index (χ1n) is 9.19. The van der Waals surface area contributed by atoms with Crippen molar-refractivity contribution in [2.75, 3.05) is 0 Å². The molecule has 0 aromatic carbocycles. The van der Waals surface area contributed by atoms with E-state index in [0.29, 0.717) is 0 Å². The van der Waals surface area contributed by atoms with E-state index in [1.54, 1.807) is 44.9 Å². The van der Waals surface area contributed by atoms with Gasteiger partial charge in [0.2, 0.25) is 0 Å². The van der Waals surface area contributed by atoms with Gasteiger partial charge in [-0.25, -0.2) is 0 Å². The molecule has 11 bridgehead atoms. The Bertz CT molecular complexity index is 472. The van der Waals surface area contributed by atoms with E-state index in [1.165, 1.54) is 53.3 Å². The minimum atomic E-state index is 0.789. The van der Waals surface area contributed by atoms with Gasteiger partial charge in [-0.15, -0.1) is 0 Å². The molecule has 19 heavy (non-hydrogen) atoms. The van der Waals surface area contributed by atoms with Crippen molar-refractivity contribution in [1.29, 1.82) is 0 Å². The van der Waals surface area contributed by atoms with Crippen LogP contribution in [0.2, 0.25) is 0 Å². The van der Waals surface area contributed by atoms with Crippen molar-refractivity contribution in [3.05, 3.63) is 0 Å². The summed E-state index contributed by atoms with van der Waals surface area (Å²) in [7, 11) is 0. The molecule has 0 aromatic rings. The van der Waals surface area contributed by atoms with Crippen LogP contribution < -0.4 is 0 Å². The van der Waals surface area contributed by atoms with Gasteiger partial charge in [-0.3, -0.25) is 0 Å². The van der Waals surface area contributed by atoms with Crippen LogP contribution in [-0.2, 0) is 0 Å². The summed E-state index contributed by atoms with van der Waals surface area (Å²) in [5, 5.41) is 0. The fraction of sp³-hybridized carbons (Fsp3) is 1.00. The molecule has 0 heteroatoms. The first-order valence-corrected chi connectivity index (χ1v) is 9.19. The van der Waals surface area contributed by atoms with E-state index in [4.69, 9.17) is 0 Å². The topological polar surface area (TPSA) is 0 Å². The highest BCUT2D eigenvalue weighted by molar-refractivity contribution is 5.27. The Hall–Kier alpha value is 0. The monoisotopic (exact) mass is 254 g/mol. The first-order chi connectivity index (χ1) is 9.19. The van der Waals surface area contributed by atoms with Crippen LogP contribution in [0.4, 0.5) is 0 Å². The summed E-state index contributed by atoms with van der Waals surface area (Å²) in [4.78, 5) is 0. The van der Waals surface area contributed by atoms with E-state index in [2.05, 4.69) is 6.92 Å². The molecule has 1 spiro atoms. The molecule has 102 valence electrons. The van der Waals surface area contributed by atoms with Crippen LogP contribution in [-0.4, -0.2) is 0 Å². The molecule has 0 N–H and O–H groups in total. The van der Waals surface area contributed by atoms with Gasteiger partial charge >= 0.3 is 0 Å². The zero-order valence-corrected chi connectivity index (χ0v) is 12.1. The zero-order chi connectivity index (χ0) is 12.1. The van der Waals surface area contributed by atoms with Crippen LogP contribution in [0.1, 0.15) is 51.9 Å². The highest BCUT2D eigenvalue weighted by Gasteiger charge is 2.79. The van der Waals surface area contributed by atoms with Crippen molar-refractivity contribution in [1.82, 2.24) is 0 Å². The SMILES string of the molecule is CC12CC3C4CC5C6CC7CC5C(C4C1)C(C7)(C2)C63. The van der Waals surface area contributed by atoms with Crippen molar-refractivity contribution in [3.63, 3.8) is 0 Å². The summed E-state index contributed by atoms with van der Waals surface area (Å²) in [5.74, 6) is 10.9. The smallest absolute Gasteiger partial charge is 0.0222 e. The molecule has 0 nitrogen and oxygen atoms in total. The van der Waals surface area contributed by atoms with Gasteiger partial charge in [0, 0.05) is 0 Å². The Morgan fingerprint density at radius 1 is 0.684 bits per heavy atom. The third-order valence-electron chi connectivity index (χ3n) is 10.0. The van der Waals surface area contributed by atoms with Gasteiger partial charge in [-0.2, -0.15) is 0 Å². The summed E-state index contributed by atoms with van der Waals surface area (Å²) in [5.41, 5.74) is 1.70. The van der Waals surface area contributed by atoms with Gasteiger partial charge in [-0.05, 0) is 109 Å². The van der Waals surface area contributed by atoms with Crippen LogP contribution in [0.15, 0.2) is 0 Å². The molecular formula is C19H26. The number of hydrogen-bond donors (Lipinski definition) is 0. The summed E-state index contributed by atoms with van der Waals surface area (Å²) < 4.78 is 0. The van der Waals surface area contributed by atoms with Gasteiger partial charge in [-0.1, -0.05) is 6.92 Å². The lowest BCUT2D eigenvalue weighted by atomic mass is 9.20.